The zero-order valence-corrected chi connectivity index (χ0v) is 7.89. The molecule has 3 nitrogen and oxygen atoms in total. The summed E-state index contributed by atoms with van der Waals surface area (Å²) in [5.74, 6) is 0.600. The highest BCUT2D eigenvalue weighted by Gasteiger charge is 2.07. The van der Waals surface area contributed by atoms with Gasteiger partial charge in [-0.05, 0) is 30.5 Å². The van der Waals surface area contributed by atoms with Gasteiger partial charge in [-0.25, -0.2) is 0 Å². The van der Waals surface area contributed by atoms with Gasteiger partial charge >= 0.3 is 0 Å². The molecule has 0 aliphatic heterocycles. The number of fused-ring (bicyclic) bond motifs is 1. The molecule has 0 aliphatic rings. The largest absolute Gasteiger partial charge is 0.382 e. The SMILES string of the molecule is CCc1ccc2[nH]nc(N)c2c1C. The third-order valence-corrected chi connectivity index (χ3v) is 2.51. The van der Waals surface area contributed by atoms with Crippen LogP contribution in [0.4, 0.5) is 5.82 Å². The molecule has 0 saturated heterocycles. The van der Waals surface area contributed by atoms with E-state index in [9.17, 15) is 0 Å². The van der Waals surface area contributed by atoms with Crippen molar-refractivity contribution in [3.63, 3.8) is 0 Å². The van der Waals surface area contributed by atoms with Crippen LogP contribution in [0.3, 0.4) is 0 Å². The highest BCUT2D eigenvalue weighted by molar-refractivity contribution is 5.92. The summed E-state index contributed by atoms with van der Waals surface area (Å²) in [7, 11) is 0. The molecule has 2 aromatic rings. The lowest BCUT2D eigenvalue weighted by molar-refractivity contribution is 1.12. The number of anilines is 1. The predicted octanol–water partition coefficient (Wildman–Crippen LogP) is 2.02. The first-order valence-corrected chi connectivity index (χ1v) is 4.46. The van der Waals surface area contributed by atoms with Crippen molar-refractivity contribution in [3.05, 3.63) is 23.3 Å². The molecule has 3 heteroatoms. The van der Waals surface area contributed by atoms with Gasteiger partial charge in [0, 0.05) is 5.39 Å². The number of hydrogen-bond acceptors (Lipinski definition) is 2. The van der Waals surface area contributed by atoms with Gasteiger partial charge in [0.1, 0.15) is 0 Å². The van der Waals surface area contributed by atoms with Crippen LogP contribution in [-0.2, 0) is 6.42 Å². The average Bonchev–Trinajstić information content (AvgIpc) is 2.49. The number of aromatic nitrogens is 2. The summed E-state index contributed by atoms with van der Waals surface area (Å²) in [4.78, 5) is 0. The number of aryl methyl sites for hydroxylation is 2. The molecule has 2 rings (SSSR count). The summed E-state index contributed by atoms with van der Waals surface area (Å²) in [6.45, 7) is 4.23. The van der Waals surface area contributed by atoms with Crippen molar-refractivity contribution in [1.29, 1.82) is 0 Å². The van der Waals surface area contributed by atoms with Crippen LogP contribution in [0.15, 0.2) is 12.1 Å². The van der Waals surface area contributed by atoms with Gasteiger partial charge in [0.05, 0.1) is 5.52 Å². The molecule has 13 heavy (non-hydrogen) atoms. The van der Waals surface area contributed by atoms with Crippen LogP contribution in [-0.4, -0.2) is 10.2 Å². The summed E-state index contributed by atoms with van der Waals surface area (Å²) in [5, 5.41) is 7.96. The standard InChI is InChI=1S/C10H13N3/c1-3-7-4-5-8-9(6(7)2)10(11)13-12-8/h4-5H,3H2,1-2H3,(H3,11,12,13). The van der Waals surface area contributed by atoms with Gasteiger partial charge in [-0.15, -0.1) is 0 Å². The second-order valence-electron chi connectivity index (χ2n) is 3.23. The summed E-state index contributed by atoms with van der Waals surface area (Å²) in [6, 6.07) is 4.15. The van der Waals surface area contributed by atoms with E-state index in [0.717, 1.165) is 17.3 Å². The van der Waals surface area contributed by atoms with Gasteiger partial charge in [-0.3, -0.25) is 5.10 Å². The Morgan fingerprint density at radius 1 is 1.46 bits per heavy atom. The van der Waals surface area contributed by atoms with E-state index < -0.39 is 0 Å². The molecule has 0 atom stereocenters. The number of rotatable bonds is 1. The van der Waals surface area contributed by atoms with E-state index in [1.165, 1.54) is 11.1 Å². The fourth-order valence-corrected chi connectivity index (χ4v) is 1.74. The van der Waals surface area contributed by atoms with Crippen molar-refractivity contribution in [2.24, 2.45) is 0 Å². The van der Waals surface area contributed by atoms with Gasteiger partial charge in [0.15, 0.2) is 5.82 Å². The molecule has 1 heterocycles. The fourth-order valence-electron chi connectivity index (χ4n) is 1.74. The predicted molar refractivity (Wildman–Crippen MR) is 54.6 cm³/mol. The van der Waals surface area contributed by atoms with Crippen molar-refractivity contribution in [2.75, 3.05) is 5.73 Å². The summed E-state index contributed by atoms with van der Waals surface area (Å²) in [5.41, 5.74) is 9.35. The van der Waals surface area contributed by atoms with E-state index >= 15 is 0 Å². The first-order chi connectivity index (χ1) is 6.24. The Labute approximate surface area is 76.9 Å². The second kappa shape index (κ2) is 2.76. The van der Waals surface area contributed by atoms with Crippen molar-refractivity contribution in [3.8, 4) is 0 Å². The van der Waals surface area contributed by atoms with E-state index in [4.69, 9.17) is 5.73 Å². The monoisotopic (exact) mass is 175 g/mol. The number of nitrogens with one attached hydrogen (secondary N) is 1. The van der Waals surface area contributed by atoms with Crippen LogP contribution in [0.25, 0.3) is 10.9 Å². The Hall–Kier alpha value is -1.51. The Morgan fingerprint density at radius 3 is 2.92 bits per heavy atom. The molecular formula is C10H13N3. The van der Waals surface area contributed by atoms with Crippen LogP contribution in [0.5, 0.6) is 0 Å². The number of benzene rings is 1. The van der Waals surface area contributed by atoms with Gasteiger partial charge < -0.3 is 5.73 Å². The van der Waals surface area contributed by atoms with Crippen LogP contribution in [0.2, 0.25) is 0 Å². The highest BCUT2D eigenvalue weighted by atomic mass is 15.1. The maximum Gasteiger partial charge on any atom is 0.153 e. The van der Waals surface area contributed by atoms with Crippen LogP contribution >= 0.6 is 0 Å². The fraction of sp³-hybridized carbons (Fsp3) is 0.300. The molecule has 0 bridgehead atoms. The third kappa shape index (κ3) is 1.08. The number of nitrogens with two attached hydrogens (primary N) is 1. The minimum Gasteiger partial charge on any atom is -0.382 e. The average molecular weight is 175 g/mol. The van der Waals surface area contributed by atoms with Crippen molar-refractivity contribution < 1.29 is 0 Å². The van der Waals surface area contributed by atoms with E-state index in [0.29, 0.717) is 5.82 Å². The molecule has 1 aromatic heterocycles. The van der Waals surface area contributed by atoms with Crippen LogP contribution in [0.1, 0.15) is 18.1 Å². The molecule has 0 fully saturated rings. The van der Waals surface area contributed by atoms with Gasteiger partial charge in [0.2, 0.25) is 0 Å². The summed E-state index contributed by atoms with van der Waals surface area (Å²) in [6.07, 6.45) is 1.03. The van der Waals surface area contributed by atoms with Crippen LogP contribution < -0.4 is 5.73 Å². The van der Waals surface area contributed by atoms with Gasteiger partial charge in [-0.2, -0.15) is 5.10 Å². The van der Waals surface area contributed by atoms with Crippen LogP contribution in [0, 0.1) is 6.92 Å². The Kier molecular flexibility index (Phi) is 1.72. The quantitative estimate of drug-likeness (QED) is 0.696. The Morgan fingerprint density at radius 2 is 2.23 bits per heavy atom. The van der Waals surface area contributed by atoms with E-state index in [1.807, 2.05) is 6.07 Å². The van der Waals surface area contributed by atoms with Gasteiger partial charge in [0.25, 0.3) is 0 Å². The first-order valence-electron chi connectivity index (χ1n) is 4.46. The number of nitrogen functional groups attached to an aromatic ring is 1. The first kappa shape index (κ1) is 8.10. The van der Waals surface area contributed by atoms with Crippen molar-refractivity contribution in [2.45, 2.75) is 20.3 Å². The number of nitrogens with zero attached hydrogens (tertiary/aromatic N) is 1. The molecule has 0 unspecified atom stereocenters. The molecule has 0 aliphatic carbocycles. The smallest absolute Gasteiger partial charge is 0.153 e. The zero-order valence-electron chi connectivity index (χ0n) is 7.89. The lowest BCUT2D eigenvalue weighted by Gasteiger charge is -2.03. The van der Waals surface area contributed by atoms with E-state index in [1.54, 1.807) is 0 Å². The molecule has 0 amide bonds. The number of H-pyrrole nitrogens is 1. The topological polar surface area (TPSA) is 54.7 Å². The number of hydrogen-bond donors (Lipinski definition) is 2. The Balaban J connectivity index is 2.83. The van der Waals surface area contributed by atoms with E-state index in [2.05, 4.69) is 30.1 Å². The molecule has 3 N–H and O–H groups in total. The highest BCUT2D eigenvalue weighted by Crippen LogP contribution is 2.24. The molecular weight excluding hydrogens is 162 g/mol. The Bertz CT molecular complexity index is 443. The zero-order chi connectivity index (χ0) is 9.42. The minimum atomic E-state index is 0.600. The van der Waals surface area contributed by atoms with E-state index in [-0.39, 0.29) is 0 Å². The normalized spacial score (nSPS) is 10.9. The molecule has 0 spiro atoms. The molecule has 0 saturated carbocycles. The third-order valence-electron chi connectivity index (χ3n) is 2.51. The van der Waals surface area contributed by atoms with Crippen molar-refractivity contribution >= 4 is 16.7 Å². The molecule has 68 valence electrons. The molecule has 1 aromatic carbocycles. The maximum absolute atomic E-state index is 5.76. The second-order valence-corrected chi connectivity index (χ2v) is 3.23. The minimum absolute atomic E-state index is 0.600. The molecule has 0 radical (unpaired) electrons. The summed E-state index contributed by atoms with van der Waals surface area (Å²) >= 11 is 0. The lowest BCUT2D eigenvalue weighted by atomic mass is 10.0. The van der Waals surface area contributed by atoms with Crippen molar-refractivity contribution in [1.82, 2.24) is 10.2 Å². The number of aromatic amines is 1. The lowest BCUT2D eigenvalue weighted by Crippen LogP contribution is -1.90. The van der Waals surface area contributed by atoms with Gasteiger partial charge in [-0.1, -0.05) is 13.0 Å². The summed E-state index contributed by atoms with van der Waals surface area (Å²) < 4.78 is 0. The maximum atomic E-state index is 5.76.